The largest absolute Gasteiger partial charge is 0.497 e. The first-order valence-electron chi connectivity index (χ1n) is 9.01. The molecule has 0 aliphatic rings. The summed E-state index contributed by atoms with van der Waals surface area (Å²) in [6.07, 6.45) is 0. The smallest absolute Gasteiger partial charge is 0.266 e. The molecule has 0 atom stereocenters. The monoisotopic (exact) mass is 449 g/mol. The molecule has 3 aromatic carbocycles. The maximum atomic E-state index is 14.3. The molecule has 158 valence electrons. The number of benzene rings is 3. The van der Waals surface area contributed by atoms with E-state index in [1.54, 1.807) is 43.3 Å². The Morgan fingerprint density at radius 3 is 2.17 bits per heavy atom. The maximum absolute atomic E-state index is 14.3. The normalized spacial score (nSPS) is 11.2. The molecule has 3 aromatic rings. The molecule has 30 heavy (non-hydrogen) atoms. The van der Waals surface area contributed by atoms with Crippen LogP contribution >= 0.6 is 11.6 Å². The number of halogens is 2. The summed E-state index contributed by atoms with van der Waals surface area (Å²) < 4.78 is 53.0. The van der Waals surface area contributed by atoms with Crippen molar-refractivity contribution in [3.05, 3.63) is 82.6 Å². The zero-order valence-electron chi connectivity index (χ0n) is 16.7. The summed E-state index contributed by atoms with van der Waals surface area (Å²) in [7, 11) is -1.09. The van der Waals surface area contributed by atoms with Crippen molar-refractivity contribution in [1.29, 1.82) is 0 Å². The van der Waals surface area contributed by atoms with Gasteiger partial charge in [0.05, 0.1) is 31.5 Å². The Kier molecular flexibility index (Phi) is 6.53. The van der Waals surface area contributed by atoms with E-state index in [9.17, 15) is 12.8 Å². The minimum absolute atomic E-state index is 0.0671. The molecule has 0 unspecified atom stereocenters. The first kappa shape index (κ1) is 21.9. The molecule has 0 saturated carbocycles. The number of methoxy groups -OCH3 is 2. The summed E-state index contributed by atoms with van der Waals surface area (Å²) >= 11 is 6.18. The highest BCUT2D eigenvalue weighted by Crippen LogP contribution is 2.32. The van der Waals surface area contributed by atoms with Crippen LogP contribution in [0.3, 0.4) is 0 Å². The van der Waals surface area contributed by atoms with Gasteiger partial charge in [-0.2, -0.15) is 0 Å². The average Bonchev–Trinajstić information content (AvgIpc) is 2.73. The third-order valence-electron chi connectivity index (χ3n) is 4.59. The van der Waals surface area contributed by atoms with Gasteiger partial charge in [0.1, 0.15) is 22.2 Å². The van der Waals surface area contributed by atoms with E-state index in [4.69, 9.17) is 21.1 Å². The Bertz CT molecular complexity index is 1150. The van der Waals surface area contributed by atoms with Gasteiger partial charge in [0.25, 0.3) is 10.0 Å². The quantitative estimate of drug-likeness (QED) is 0.497. The van der Waals surface area contributed by atoms with Crippen molar-refractivity contribution in [3.8, 4) is 11.5 Å². The van der Waals surface area contributed by atoms with Gasteiger partial charge in [-0.15, -0.1) is 0 Å². The fourth-order valence-corrected chi connectivity index (χ4v) is 4.89. The Balaban J connectivity index is 2.16. The Hall–Kier alpha value is -2.77. The highest BCUT2D eigenvalue weighted by Gasteiger charge is 2.28. The van der Waals surface area contributed by atoms with Crippen LogP contribution in [0, 0.1) is 12.7 Å². The van der Waals surface area contributed by atoms with Crippen LogP contribution in [0.4, 0.5) is 10.1 Å². The second-order valence-electron chi connectivity index (χ2n) is 6.60. The molecule has 8 heteroatoms. The number of hydrogen-bond acceptors (Lipinski definition) is 4. The average molecular weight is 450 g/mol. The van der Waals surface area contributed by atoms with Crippen molar-refractivity contribution in [1.82, 2.24) is 0 Å². The van der Waals surface area contributed by atoms with Gasteiger partial charge >= 0.3 is 0 Å². The van der Waals surface area contributed by atoms with Gasteiger partial charge in [-0.05, 0) is 54.4 Å². The first-order valence-corrected chi connectivity index (χ1v) is 10.8. The zero-order chi connectivity index (χ0) is 21.9. The molecule has 0 spiro atoms. The van der Waals surface area contributed by atoms with E-state index in [1.807, 2.05) is 0 Å². The van der Waals surface area contributed by atoms with Crippen LogP contribution in [-0.4, -0.2) is 22.6 Å². The second kappa shape index (κ2) is 8.93. The third-order valence-corrected chi connectivity index (χ3v) is 6.86. The predicted molar refractivity (Wildman–Crippen MR) is 116 cm³/mol. The number of hydrogen-bond donors (Lipinski definition) is 0. The van der Waals surface area contributed by atoms with Crippen LogP contribution in [0.5, 0.6) is 11.5 Å². The maximum Gasteiger partial charge on any atom is 0.266 e. The van der Waals surface area contributed by atoms with Crippen LogP contribution in [0.1, 0.15) is 11.1 Å². The van der Waals surface area contributed by atoms with Crippen LogP contribution in [-0.2, 0) is 16.6 Å². The van der Waals surface area contributed by atoms with Gasteiger partial charge in [-0.1, -0.05) is 29.8 Å². The summed E-state index contributed by atoms with van der Waals surface area (Å²) in [6, 6.07) is 15.5. The molecule has 0 aromatic heterocycles. The first-order chi connectivity index (χ1) is 14.3. The fourth-order valence-electron chi connectivity index (χ4n) is 2.95. The van der Waals surface area contributed by atoms with Crippen LogP contribution in [0.2, 0.25) is 5.02 Å². The minimum Gasteiger partial charge on any atom is -0.497 e. The van der Waals surface area contributed by atoms with E-state index < -0.39 is 15.8 Å². The van der Waals surface area contributed by atoms with Crippen molar-refractivity contribution in [3.63, 3.8) is 0 Å². The lowest BCUT2D eigenvalue weighted by molar-refractivity contribution is 0.393. The molecule has 0 heterocycles. The SMILES string of the molecule is COc1cc(CN(c2ccc(C)c(F)c2)S(=O)(=O)c2ccccc2Cl)cc(OC)c1. The van der Waals surface area contributed by atoms with E-state index in [0.717, 1.165) is 4.31 Å². The molecule has 0 aliphatic carbocycles. The molecule has 3 rings (SSSR count). The van der Waals surface area contributed by atoms with Crippen molar-refractivity contribution in [2.24, 2.45) is 0 Å². The topological polar surface area (TPSA) is 55.8 Å². The van der Waals surface area contributed by atoms with Crippen molar-refractivity contribution in [2.75, 3.05) is 18.5 Å². The Morgan fingerprint density at radius 1 is 0.967 bits per heavy atom. The summed E-state index contributed by atoms with van der Waals surface area (Å²) in [5.41, 5.74) is 1.19. The summed E-state index contributed by atoms with van der Waals surface area (Å²) in [4.78, 5) is -0.0671. The van der Waals surface area contributed by atoms with Gasteiger partial charge in [-0.3, -0.25) is 4.31 Å². The number of nitrogens with zero attached hydrogens (tertiary/aromatic N) is 1. The number of aryl methyl sites for hydroxylation is 1. The van der Waals surface area contributed by atoms with Crippen molar-refractivity contribution < 1.29 is 22.3 Å². The van der Waals surface area contributed by atoms with Crippen molar-refractivity contribution in [2.45, 2.75) is 18.4 Å². The molecule has 5 nitrogen and oxygen atoms in total. The summed E-state index contributed by atoms with van der Waals surface area (Å²) in [6.45, 7) is 1.53. The lowest BCUT2D eigenvalue weighted by Crippen LogP contribution is -2.31. The van der Waals surface area contributed by atoms with Gasteiger partial charge in [-0.25, -0.2) is 12.8 Å². The molecule has 0 aliphatic heterocycles. The van der Waals surface area contributed by atoms with Gasteiger partial charge in [0, 0.05) is 6.07 Å². The number of sulfonamides is 1. The van der Waals surface area contributed by atoms with Crippen molar-refractivity contribution >= 4 is 27.3 Å². The van der Waals surface area contributed by atoms with Crippen LogP contribution in [0.15, 0.2) is 65.6 Å². The molecule has 0 N–H and O–H groups in total. The zero-order valence-corrected chi connectivity index (χ0v) is 18.3. The Labute approximate surface area is 180 Å². The summed E-state index contributed by atoms with van der Waals surface area (Å²) in [5, 5.41) is 0.0818. The predicted octanol–water partition coefficient (Wildman–Crippen LogP) is 5.20. The molecular formula is C22H21ClFNO4S. The minimum atomic E-state index is -4.10. The van der Waals surface area contributed by atoms with E-state index in [2.05, 4.69) is 0 Å². The molecular weight excluding hydrogens is 429 g/mol. The number of anilines is 1. The molecule has 0 amide bonds. The van der Waals surface area contributed by atoms with Gasteiger partial charge in [0.2, 0.25) is 0 Å². The van der Waals surface area contributed by atoms with Gasteiger partial charge < -0.3 is 9.47 Å². The van der Waals surface area contributed by atoms with Crippen LogP contribution in [0.25, 0.3) is 0 Å². The number of rotatable bonds is 7. The third kappa shape index (κ3) is 4.52. The van der Waals surface area contributed by atoms with E-state index in [-0.39, 0.29) is 22.2 Å². The van der Waals surface area contributed by atoms with Crippen LogP contribution < -0.4 is 13.8 Å². The van der Waals surface area contributed by atoms with E-state index in [1.165, 1.54) is 38.5 Å². The standard InChI is InChI=1S/C22H21ClFNO4S/c1-15-8-9-17(12-21(15)24)25(30(26,27)22-7-5-4-6-20(22)23)14-16-10-18(28-2)13-19(11-16)29-3/h4-13H,14H2,1-3H3. The van der Waals surface area contributed by atoms with E-state index >= 15 is 0 Å². The second-order valence-corrected chi connectivity index (χ2v) is 8.83. The molecule has 0 radical (unpaired) electrons. The van der Waals surface area contributed by atoms with E-state index in [0.29, 0.717) is 22.6 Å². The lowest BCUT2D eigenvalue weighted by Gasteiger charge is -2.26. The summed E-state index contributed by atoms with van der Waals surface area (Å²) in [5.74, 6) is 0.513. The molecule has 0 saturated heterocycles. The highest BCUT2D eigenvalue weighted by molar-refractivity contribution is 7.93. The van der Waals surface area contributed by atoms with Gasteiger partial charge in [0.15, 0.2) is 0 Å². The lowest BCUT2D eigenvalue weighted by atomic mass is 10.1. The Morgan fingerprint density at radius 2 is 1.60 bits per heavy atom. The number of ether oxygens (including phenoxy) is 2. The molecule has 0 fully saturated rings. The fraction of sp³-hybridized carbons (Fsp3) is 0.182. The molecule has 0 bridgehead atoms. The highest BCUT2D eigenvalue weighted by atomic mass is 35.5.